The van der Waals surface area contributed by atoms with Crippen molar-refractivity contribution in [3.05, 3.63) is 22.4 Å². The molecule has 0 bridgehead atoms. The third-order valence-electron chi connectivity index (χ3n) is 2.71. The van der Waals surface area contributed by atoms with Gasteiger partial charge in [0, 0.05) is 24.4 Å². The molecule has 100 valence electrons. The Labute approximate surface area is 112 Å². The Morgan fingerprint density at radius 3 is 2.72 bits per heavy atom. The molecule has 1 aromatic heterocycles. The predicted molar refractivity (Wildman–Crippen MR) is 71.5 cm³/mol. The SMILES string of the molecule is CCN(CCC(=O)OC)C(=O)CCc1cccs1. The van der Waals surface area contributed by atoms with E-state index in [0.717, 1.165) is 6.42 Å². The van der Waals surface area contributed by atoms with E-state index in [1.807, 2.05) is 24.4 Å². The summed E-state index contributed by atoms with van der Waals surface area (Å²) in [6, 6.07) is 4.02. The minimum absolute atomic E-state index is 0.0924. The molecular formula is C13H19NO3S. The summed E-state index contributed by atoms with van der Waals surface area (Å²) in [7, 11) is 1.36. The fourth-order valence-corrected chi connectivity index (χ4v) is 2.34. The van der Waals surface area contributed by atoms with Crippen molar-refractivity contribution in [2.24, 2.45) is 0 Å². The van der Waals surface area contributed by atoms with Crippen molar-refractivity contribution in [1.29, 1.82) is 0 Å². The van der Waals surface area contributed by atoms with Crippen LogP contribution in [0.4, 0.5) is 0 Å². The number of carbonyl (C=O) groups is 2. The number of methoxy groups -OCH3 is 1. The molecule has 0 spiro atoms. The first kappa shape index (κ1) is 14.7. The Morgan fingerprint density at radius 2 is 2.17 bits per heavy atom. The highest BCUT2D eigenvalue weighted by atomic mass is 32.1. The zero-order valence-electron chi connectivity index (χ0n) is 10.8. The summed E-state index contributed by atoms with van der Waals surface area (Å²) in [5, 5.41) is 2.01. The Morgan fingerprint density at radius 1 is 1.39 bits per heavy atom. The summed E-state index contributed by atoms with van der Waals surface area (Å²) in [6.45, 7) is 2.98. The summed E-state index contributed by atoms with van der Waals surface area (Å²) in [6.07, 6.45) is 1.52. The molecule has 1 rings (SSSR count). The van der Waals surface area contributed by atoms with Crippen LogP contribution in [0.15, 0.2) is 17.5 Å². The number of carbonyl (C=O) groups excluding carboxylic acids is 2. The number of esters is 1. The van der Waals surface area contributed by atoms with Gasteiger partial charge in [0.15, 0.2) is 0 Å². The third kappa shape index (κ3) is 4.87. The average molecular weight is 269 g/mol. The number of ether oxygens (including phenoxy) is 1. The summed E-state index contributed by atoms with van der Waals surface area (Å²) in [4.78, 5) is 25.9. The van der Waals surface area contributed by atoms with Crippen molar-refractivity contribution < 1.29 is 14.3 Å². The Kier molecular flexibility index (Phi) is 6.43. The molecular weight excluding hydrogens is 250 g/mol. The van der Waals surface area contributed by atoms with Gasteiger partial charge in [0.05, 0.1) is 13.5 Å². The van der Waals surface area contributed by atoms with E-state index >= 15 is 0 Å². The van der Waals surface area contributed by atoms with E-state index in [9.17, 15) is 9.59 Å². The maximum Gasteiger partial charge on any atom is 0.307 e. The molecule has 0 atom stereocenters. The first-order valence-electron chi connectivity index (χ1n) is 6.04. The quantitative estimate of drug-likeness (QED) is 0.712. The van der Waals surface area contributed by atoms with Crippen LogP contribution in [-0.2, 0) is 20.7 Å². The highest BCUT2D eigenvalue weighted by Gasteiger charge is 2.13. The monoisotopic (exact) mass is 269 g/mol. The number of aryl methyl sites for hydroxylation is 1. The van der Waals surface area contributed by atoms with Crippen LogP contribution in [0.3, 0.4) is 0 Å². The lowest BCUT2D eigenvalue weighted by molar-refractivity contribution is -0.141. The van der Waals surface area contributed by atoms with Gasteiger partial charge in [-0.1, -0.05) is 6.07 Å². The van der Waals surface area contributed by atoms with Crippen molar-refractivity contribution in [3.8, 4) is 0 Å². The highest BCUT2D eigenvalue weighted by Crippen LogP contribution is 2.11. The van der Waals surface area contributed by atoms with Crippen LogP contribution in [0.25, 0.3) is 0 Å². The Hall–Kier alpha value is -1.36. The standard InChI is InChI=1S/C13H19NO3S/c1-3-14(9-8-13(16)17-2)12(15)7-6-11-5-4-10-18-11/h4-5,10H,3,6-9H2,1-2H3. The van der Waals surface area contributed by atoms with E-state index < -0.39 is 0 Å². The second kappa shape index (κ2) is 7.87. The Bertz CT molecular complexity index is 376. The van der Waals surface area contributed by atoms with Crippen LogP contribution in [0.5, 0.6) is 0 Å². The zero-order valence-corrected chi connectivity index (χ0v) is 11.7. The molecule has 5 heteroatoms. The smallest absolute Gasteiger partial charge is 0.307 e. The van der Waals surface area contributed by atoms with E-state index in [-0.39, 0.29) is 18.3 Å². The van der Waals surface area contributed by atoms with E-state index in [0.29, 0.717) is 19.5 Å². The summed E-state index contributed by atoms with van der Waals surface area (Å²) in [5.41, 5.74) is 0. The van der Waals surface area contributed by atoms with Gasteiger partial charge >= 0.3 is 5.97 Å². The van der Waals surface area contributed by atoms with Crippen molar-refractivity contribution in [2.45, 2.75) is 26.2 Å². The van der Waals surface area contributed by atoms with Crippen LogP contribution in [0, 0.1) is 0 Å². The molecule has 0 aliphatic carbocycles. The van der Waals surface area contributed by atoms with E-state index in [2.05, 4.69) is 4.74 Å². The molecule has 0 aliphatic rings. The lowest BCUT2D eigenvalue weighted by Gasteiger charge is -2.20. The zero-order chi connectivity index (χ0) is 13.4. The first-order chi connectivity index (χ1) is 8.67. The number of nitrogens with zero attached hydrogens (tertiary/aromatic N) is 1. The topological polar surface area (TPSA) is 46.6 Å². The molecule has 0 aliphatic heterocycles. The van der Waals surface area contributed by atoms with Gasteiger partial charge in [0.25, 0.3) is 0 Å². The van der Waals surface area contributed by atoms with E-state index in [4.69, 9.17) is 0 Å². The summed E-state index contributed by atoms with van der Waals surface area (Å²) in [5.74, 6) is -0.186. The lowest BCUT2D eigenvalue weighted by Crippen LogP contribution is -2.33. The molecule has 1 aromatic rings. The maximum atomic E-state index is 11.9. The normalized spacial score (nSPS) is 10.1. The number of rotatable bonds is 7. The minimum Gasteiger partial charge on any atom is -0.469 e. The fraction of sp³-hybridized carbons (Fsp3) is 0.538. The molecule has 0 saturated carbocycles. The second-order valence-corrected chi connectivity index (χ2v) is 4.91. The molecule has 1 heterocycles. The number of hydrogen-bond acceptors (Lipinski definition) is 4. The van der Waals surface area contributed by atoms with Crippen LogP contribution in [0.1, 0.15) is 24.6 Å². The molecule has 4 nitrogen and oxygen atoms in total. The number of thiophene rings is 1. The molecule has 0 N–H and O–H groups in total. The summed E-state index contributed by atoms with van der Waals surface area (Å²) >= 11 is 1.66. The highest BCUT2D eigenvalue weighted by molar-refractivity contribution is 7.09. The van der Waals surface area contributed by atoms with Gasteiger partial charge in [-0.3, -0.25) is 9.59 Å². The van der Waals surface area contributed by atoms with Crippen molar-refractivity contribution in [2.75, 3.05) is 20.2 Å². The molecule has 0 saturated heterocycles. The molecule has 0 radical (unpaired) electrons. The minimum atomic E-state index is -0.278. The summed E-state index contributed by atoms with van der Waals surface area (Å²) < 4.78 is 4.57. The van der Waals surface area contributed by atoms with Gasteiger partial charge in [-0.05, 0) is 24.8 Å². The van der Waals surface area contributed by atoms with Gasteiger partial charge in [0.1, 0.15) is 0 Å². The molecule has 0 unspecified atom stereocenters. The molecule has 18 heavy (non-hydrogen) atoms. The third-order valence-corrected chi connectivity index (χ3v) is 3.65. The van der Waals surface area contributed by atoms with Crippen LogP contribution in [-0.4, -0.2) is 37.0 Å². The molecule has 0 aromatic carbocycles. The number of hydrogen-bond donors (Lipinski definition) is 0. The first-order valence-corrected chi connectivity index (χ1v) is 6.92. The molecule has 1 amide bonds. The van der Waals surface area contributed by atoms with Crippen LogP contribution < -0.4 is 0 Å². The van der Waals surface area contributed by atoms with Gasteiger partial charge in [-0.15, -0.1) is 11.3 Å². The fourth-order valence-electron chi connectivity index (χ4n) is 1.63. The van der Waals surface area contributed by atoms with E-state index in [1.165, 1.54) is 12.0 Å². The Balaban J connectivity index is 2.34. The van der Waals surface area contributed by atoms with Gasteiger partial charge in [0.2, 0.25) is 5.91 Å². The van der Waals surface area contributed by atoms with Gasteiger partial charge in [-0.25, -0.2) is 0 Å². The lowest BCUT2D eigenvalue weighted by atomic mass is 10.2. The van der Waals surface area contributed by atoms with Gasteiger partial charge in [-0.2, -0.15) is 0 Å². The van der Waals surface area contributed by atoms with Crippen molar-refractivity contribution >= 4 is 23.2 Å². The van der Waals surface area contributed by atoms with Gasteiger partial charge < -0.3 is 9.64 Å². The average Bonchev–Trinajstić information content (AvgIpc) is 2.89. The van der Waals surface area contributed by atoms with Crippen LogP contribution >= 0.6 is 11.3 Å². The maximum absolute atomic E-state index is 11.9. The number of amides is 1. The molecule has 0 fully saturated rings. The van der Waals surface area contributed by atoms with Crippen molar-refractivity contribution in [3.63, 3.8) is 0 Å². The van der Waals surface area contributed by atoms with Crippen LogP contribution in [0.2, 0.25) is 0 Å². The largest absolute Gasteiger partial charge is 0.469 e. The second-order valence-electron chi connectivity index (χ2n) is 3.88. The van der Waals surface area contributed by atoms with Crippen molar-refractivity contribution in [1.82, 2.24) is 4.90 Å². The van der Waals surface area contributed by atoms with E-state index in [1.54, 1.807) is 16.2 Å². The predicted octanol–water partition coefficient (Wildman–Crippen LogP) is 2.09.